The van der Waals surface area contributed by atoms with Crippen molar-refractivity contribution in [2.24, 2.45) is 0 Å². The number of hydrogen-bond donors (Lipinski definition) is 2. The Morgan fingerprint density at radius 1 is 1.33 bits per heavy atom. The normalized spacial score (nSPS) is 15.7. The first-order valence-electron chi connectivity index (χ1n) is 5.86. The second-order valence-electron chi connectivity index (χ2n) is 3.84. The number of nitrogens with two attached hydrogens (primary N) is 1. The maximum absolute atomic E-state index is 5.70. The molecule has 0 spiro atoms. The lowest BCUT2D eigenvalue weighted by Gasteiger charge is -2.26. The molecule has 2 rings (SSSR count). The SMILES string of the molecule is CSCCNc1nc(N)nc(N2CCOCC2)n1. The van der Waals surface area contributed by atoms with Gasteiger partial charge in [0.05, 0.1) is 13.2 Å². The minimum Gasteiger partial charge on any atom is -0.378 e. The molecule has 1 fully saturated rings. The van der Waals surface area contributed by atoms with Crippen molar-refractivity contribution in [1.29, 1.82) is 0 Å². The largest absolute Gasteiger partial charge is 0.378 e. The number of nitrogen functional groups attached to an aromatic ring is 1. The summed E-state index contributed by atoms with van der Waals surface area (Å²) in [5.41, 5.74) is 5.70. The van der Waals surface area contributed by atoms with Crippen LogP contribution in [0.25, 0.3) is 0 Å². The zero-order chi connectivity index (χ0) is 12.8. The molecule has 1 aliphatic rings. The third-order valence-electron chi connectivity index (χ3n) is 2.52. The van der Waals surface area contributed by atoms with Gasteiger partial charge in [-0.1, -0.05) is 0 Å². The smallest absolute Gasteiger partial charge is 0.232 e. The number of morpholine rings is 1. The van der Waals surface area contributed by atoms with E-state index in [1.54, 1.807) is 11.8 Å². The third kappa shape index (κ3) is 3.61. The monoisotopic (exact) mass is 270 g/mol. The van der Waals surface area contributed by atoms with Crippen molar-refractivity contribution in [3.63, 3.8) is 0 Å². The summed E-state index contributed by atoms with van der Waals surface area (Å²) in [4.78, 5) is 14.7. The van der Waals surface area contributed by atoms with Crippen LogP contribution in [0, 0.1) is 0 Å². The van der Waals surface area contributed by atoms with Crippen LogP contribution in [-0.2, 0) is 4.74 Å². The van der Waals surface area contributed by atoms with Gasteiger partial charge in [-0.2, -0.15) is 26.7 Å². The molecule has 0 amide bonds. The van der Waals surface area contributed by atoms with E-state index in [9.17, 15) is 0 Å². The van der Waals surface area contributed by atoms with Crippen molar-refractivity contribution in [1.82, 2.24) is 15.0 Å². The Bertz CT molecular complexity index is 385. The molecule has 0 saturated carbocycles. The lowest BCUT2D eigenvalue weighted by Crippen LogP contribution is -2.37. The number of rotatable bonds is 5. The molecule has 100 valence electrons. The van der Waals surface area contributed by atoms with Gasteiger partial charge in [0.15, 0.2) is 0 Å². The number of hydrogen-bond acceptors (Lipinski definition) is 8. The van der Waals surface area contributed by atoms with E-state index in [2.05, 4.69) is 31.4 Å². The molecule has 0 atom stereocenters. The van der Waals surface area contributed by atoms with E-state index in [1.165, 1.54) is 0 Å². The highest BCUT2D eigenvalue weighted by Crippen LogP contribution is 2.13. The van der Waals surface area contributed by atoms with Crippen molar-refractivity contribution in [3.8, 4) is 0 Å². The Kier molecular flexibility index (Phi) is 4.82. The predicted octanol–water partition coefficient (Wildman–Crippen LogP) is 0.0653. The van der Waals surface area contributed by atoms with Crippen LogP contribution in [0.2, 0.25) is 0 Å². The molecule has 3 N–H and O–H groups in total. The van der Waals surface area contributed by atoms with Gasteiger partial charge in [0.1, 0.15) is 0 Å². The van der Waals surface area contributed by atoms with Crippen molar-refractivity contribution in [2.75, 3.05) is 60.8 Å². The molecule has 7 nitrogen and oxygen atoms in total. The number of nitrogens with zero attached hydrogens (tertiary/aromatic N) is 4. The number of anilines is 3. The van der Waals surface area contributed by atoms with Crippen molar-refractivity contribution in [3.05, 3.63) is 0 Å². The van der Waals surface area contributed by atoms with E-state index in [4.69, 9.17) is 10.5 Å². The summed E-state index contributed by atoms with van der Waals surface area (Å²) in [5, 5.41) is 3.14. The summed E-state index contributed by atoms with van der Waals surface area (Å²) < 4.78 is 5.30. The van der Waals surface area contributed by atoms with E-state index >= 15 is 0 Å². The fraction of sp³-hybridized carbons (Fsp3) is 0.700. The van der Waals surface area contributed by atoms with E-state index < -0.39 is 0 Å². The molecule has 8 heteroatoms. The average molecular weight is 270 g/mol. The van der Waals surface area contributed by atoms with Crippen LogP contribution in [0.5, 0.6) is 0 Å². The minimum atomic E-state index is 0.248. The van der Waals surface area contributed by atoms with Gasteiger partial charge in [0.25, 0.3) is 0 Å². The van der Waals surface area contributed by atoms with Gasteiger partial charge in [0.2, 0.25) is 17.8 Å². The molecule has 1 aromatic rings. The molecule has 0 aliphatic carbocycles. The maximum atomic E-state index is 5.70. The quantitative estimate of drug-likeness (QED) is 0.726. The first kappa shape index (κ1) is 13.2. The third-order valence-corrected chi connectivity index (χ3v) is 3.14. The second kappa shape index (κ2) is 6.60. The van der Waals surface area contributed by atoms with Crippen molar-refractivity contribution >= 4 is 29.6 Å². The lowest BCUT2D eigenvalue weighted by atomic mass is 10.4. The van der Waals surface area contributed by atoms with Gasteiger partial charge in [-0.25, -0.2) is 0 Å². The zero-order valence-electron chi connectivity index (χ0n) is 10.4. The van der Waals surface area contributed by atoms with Crippen LogP contribution >= 0.6 is 11.8 Å². The molecular formula is C10H18N6OS. The van der Waals surface area contributed by atoms with E-state index in [0.717, 1.165) is 25.4 Å². The van der Waals surface area contributed by atoms with E-state index in [-0.39, 0.29) is 5.95 Å². The predicted molar refractivity (Wildman–Crippen MR) is 74.1 cm³/mol. The van der Waals surface area contributed by atoms with Crippen LogP contribution in [0.1, 0.15) is 0 Å². The molecule has 0 radical (unpaired) electrons. The number of nitrogens with one attached hydrogen (secondary N) is 1. The van der Waals surface area contributed by atoms with E-state index in [1.807, 2.05) is 0 Å². The topological polar surface area (TPSA) is 89.2 Å². The summed E-state index contributed by atoms with van der Waals surface area (Å²) in [6.07, 6.45) is 2.06. The molecule has 1 saturated heterocycles. The zero-order valence-corrected chi connectivity index (χ0v) is 11.2. The molecule has 18 heavy (non-hydrogen) atoms. The fourth-order valence-electron chi connectivity index (χ4n) is 1.63. The lowest BCUT2D eigenvalue weighted by molar-refractivity contribution is 0.122. The summed E-state index contributed by atoms with van der Waals surface area (Å²) >= 11 is 1.77. The molecule has 0 bridgehead atoms. The first-order chi connectivity index (χ1) is 8.79. The Labute approximate surface area is 111 Å². The van der Waals surface area contributed by atoms with Crippen LogP contribution in [0.15, 0.2) is 0 Å². The van der Waals surface area contributed by atoms with E-state index in [0.29, 0.717) is 25.1 Å². The highest BCUT2D eigenvalue weighted by molar-refractivity contribution is 7.98. The average Bonchev–Trinajstić information content (AvgIpc) is 2.39. The molecule has 1 aliphatic heterocycles. The van der Waals surface area contributed by atoms with Gasteiger partial charge < -0.3 is 20.7 Å². The van der Waals surface area contributed by atoms with Crippen LogP contribution in [0.4, 0.5) is 17.8 Å². The summed E-state index contributed by atoms with van der Waals surface area (Å²) in [7, 11) is 0. The van der Waals surface area contributed by atoms with Crippen molar-refractivity contribution in [2.45, 2.75) is 0 Å². The Balaban J connectivity index is 2.05. The summed E-state index contributed by atoms with van der Waals surface area (Å²) in [5.74, 6) is 2.41. The molecule has 1 aromatic heterocycles. The summed E-state index contributed by atoms with van der Waals surface area (Å²) in [6, 6.07) is 0. The Morgan fingerprint density at radius 3 is 2.83 bits per heavy atom. The second-order valence-corrected chi connectivity index (χ2v) is 4.82. The maximum Gasteiger partial charge on any atom is 0.232 e. The first-order valence-corrected chi connectivity index (χ1v) is 7.26. The minimum absolute atomic E-state index is 0.248. The summed E-state index contributed by atoms with van der Waals surface area (Å²) in [6.45, 7) is 3.77. The van der Waals surface area contributed by atoms with Gasteiger partial charge in [-0.15, -0.1) is 0 Å². The van der Waals surface area contributed by atoms with Crippen LogP contribution in [-0.4, -0.2) is 59.8 Å². The highest BCUT2D eigenvalue weighted by atomic mass is 32.2. The highest BCUT2D eigenvalue weighted by Gasteiger charge is 2.15. The molecule has 2 heterocycles. The number of ether oxygens (including phenoxy) is 1. The Hall–Kier alpha value is -1.28. The van der Waals surface area contributed by atoms with Gasteiger partial charge in [-0.3, -0.25) is 0 Å². The van der Waals surface area contributed by atoms with Crippen LogP contribution in [0.3, 0.4) is 0 Å². The van der Waals surface area contributed by atoms with Gasteiger partial charge >= 0.3 is 0 Å². The number of aromatic nitrogens is 3. The molecule has 0 aromatic carbocycles. The molecule has 0 unspecified atom stereocenters. The number of thioether (sulfide) groups is 1. The Morgan fingerprint density at radius 2 is 2.11 bits per heavy atom. The fourth-order valence-corrected chi connectivity index (χ4v) is 1.94. The standard InChI is InChI=1S/C10H18N6OS/c1-18-7-2-12-9-13-8(11)14-10(15-9)16-3-5-17-6-4-16/h2-7H2,1H3,(H3,11,12,13,14,15). The van der Waals surface area contributed by atoms with Gasteiger partial charge in [0, 0.05) is 25.4 Å². The van der Waals surface area contributed by atoms with Gasteiger partial charge in [-0.05, 0) is 6.26 Å². The van der Waals surface area contributed by atoms with Crippen LogP contribution < -0.4 is 16.0 Å². The van der Waals surface area contributed by atoms with Crippen molar-refractivity contribution < 1.29 is 4.74 Å². The molecular weight excluding hydrogens is 252 g/mol.